The van der Waals surface area contributed by atoms with Gasteiger partial charge in [0.15, 0.2) is 0 Å². The predicted octanol–water partition coefficient (Wildman–Crippen LogP) is 6.94. The van der Waals surface area contributed by atoms with E-state index >= 15 is 0 Å². The molecule has 0 radical (unpaired) electrons. The number of methoxy groups -OCH3 is 1. The highest BCUT2D eigenvalue weighted by Crippen LogP contribution is 2.41. The maximum absolute atomic E-state index is 11.7. The van der Waals surface area contributed by atoms with E-state index < -0.39 is 5.60 Å². The Morgan fingerprint density at radius 3 is 2.24 bits per heavy atom. The molecular weight excluding hydrogens is 527 g/mol. The lowest BCUT2D eigenvalue weighted by Gasteiger charge is -2.43. The van der Waals surface area contributed by atoms with Crippen LogP contribution in [0.15, 0.2) is 60.7 Å². The van der Waals surface area contributed by atoms with Gasteiger partial charge in [-0.1, -0.05) is 61.2 Å². The van der Waals surface area contributed by atoms with Gasteiger partial charge in [-0.3, -0.25) is 4.90 Å². The van der Waals surface area contributed by atoms with Crippen LogP contribution in [-0.4, -0.2) is 60.3 Å². The number of aliphatic hydroxyl groups is 1. The van der Waals surface area contributed by atoms with E-state index in [2.05, 4.69) is 52.3 Å². The summed E-state index contributed by atoms with van der Waals surface area (Å²) in [6.07, 6.45) is 5.22. The van der Waals surface area contributed by atoms with Crippen molar-refractivity contribution in [3.63, 3.8) is 0 Å². The van der Waals surface area contributed by atoms with Gasteiger partial charge in [0.25, 0.3) is 0 Å². The molecule has 1 heterocycles. The molecule has 0 spiro atoms. The minimum absolute atomic E-state index is 0. The molecule has 2 fully saturated rings. The van der Waals surface area contributed by atoms with Crippen molar-refractivity contribution >= 4 is 47.2 Å². The molecule has 1 N–H and O–H groups in total. The normalized spacial score (nSPS) is 19.0. The molecular formula is C30H39Cl3N2O2. The van der Waals surface area contributed by atoms with E-state index in [1.165, 1.54) is 28.3 Å². The maximum Gasteiger partial charge on any atom is 0.119 e. The molecule has 1 saturated carbocycles. The molecule has 1 unspecified atom stereocenters. The van der Waals surface area contributed by atoms with Crippen molar-refractivity contribution in [3.8, 4) is 5.75 Å². The second kappa shape index (κ2) is 13.5. The van der Waals surface area contributed by atoms with Crippen LogP contribution < -0.4 is 4.74 Å². The third kappa shape index (κ3) is 7.32. The summed E-state index contributed by atoms with van der Waals surface area (Å²) in [5.41, 5.74) is 1.90. The number of hydrogen-bond acceptors (Lipinski definition) is 4. The molecule has 37 heavy (non-hydrogen) atoms. The highest BCUT2D eigenvalue weighted by molar-refractivity contribution is 6.30. The van der Waals surface area contributed by atoms with Gasteiger partial charge in [-0.05, 0) is 65.1 Å². The minimum Gasteiger partial charge on any atom is -0.497 e. The molecule has 7 heteroatoms. The fourth-order valence-electron chi connectivity index (χ4n) is 5.97. The van der Waals surface area contributed by atoms with Crippen molar-refractivity contribution in [2.45, 2.75) is 50.2 Å². The predicted molar refractivity (Wildman–Crippen MR) is 159 cm³/mol. The van der Waals surface area contributed by atoms with E-state index in [0.29, 0.717) is 0 Å². The Bertz CT molecular complexity index is 1140. The average Bonchev–Trinajstić information content (AvgIpc) is 2.88. The van der Waals surface area contributed by atoms with Gasteiger partial charge in [-0.15, -0.1) is 24.8 Å². The number of rotatable bonds is 7. The van der Waals surface area contributed by atoms with Crippen LogP contribution in [0.2, 0.25) is 5.02 Å². The Morgan fingerprint density at radius 1 is 0.865 bits per heavy atom. The van der Waals surface area contributed by atoms with Gasteiger partial charge in [0.05, 0.1) is 12.7 Å². The van der Waals surface area contributed by atoms with E-state index in [-0.39, 0.29) is 30.7 Å². The van der Waals surface area contributed by atoms with Gasteiger partial charge in [0, 0.05) is 50.2 Å². The standard InChI is InChI=1S/C30H37ClN2O2.2ClH/c1-35-28-11-10-24-18-23(8-9-25(24)20-28)21-32-14-16-33(17-15-32)22-29(26-6-5-7-27(31)19-26)30(34)12-3-2-4-13-30;;/h5-11,18-20,29,34H,2-4,12-17,21-22H2,1H3;2*1H. The highest BCUT2D eigenvalue weighted by atomic mass is 35.5. The van der Waals surface area contributed by atoms with Gasteiger partial charge in [0.1, 0.15) is 5.75 Å². The Kier molecular flexibility index (Phi) is 11.0. The quantitative estimate of drug-likeness (QED) is 0.337. The summed E-state index contributed by atoms with van der Waals surface area (Å²) in [7, 11) is 1.71. The molecule has 3 aromatic rings. The molecule has 2 aliphatic rings. The van der Waals surface area contributed by atoms with Crippen LogP contribution >= 0.6 is 36.4 Å². The highest BCUT2D eigenvalue weighted by Gasteiger charge is 2.40. The van der Waals surface area contributed by atoms with E-state index in [0.717, 1.165) is 75.7 Å². The van der Waals surface area contributed by atoms with Gasteiger partial charge in [0.2, 0.25) is 0 Å². The van der Waals surface area contributed by atoms with Crippen molar-refractivity contribution in [1.82, 2.24) is 9.80 Å². The molecule has 1 aliphatic heterocycles. The summed E-state index contributed by atoms with van der Waals surface area (Å²) in [5, 5.41) is 14.9. The second-order valence-electron chi connectivity index (χ2n) is 10.4. The molecule has 5 rings (SSSR count). The number of fused-ring (bicyclic) bond motifs is 1. The Labute approximate surface area is 238 Å². The Morgan fingerprint density at radius 2 is 1.54 bits per heavy atom. The molecule has 1 aliphatic carbocycles. The molecule has 3 aromatic carbocycles. The molecule has 0 aromatic heterocycles. The van der Waals surface area contributed by atoms with Crippen LogP contribution in [0.25, 0.3) is 10.8 Å². The van der Waals surface area contributed by atoms with Gasteiger partial charge < -0.3 is 14.7 Å². The minimum atomic E-state index is -0.631. The van der Waals surface area contributed by atoms with Crippen LogP contribution in [-0.2, 0) is 6.54 Å². The first-order valence-corrected chi connectivity index (χ1v) is 13.4. The topological polar surface area (TPSA) is 35.9 Å². The molecule has 0 bridgehead atoms. The second-order valence-corrected chi connectivity index (χ2v) is 10.8. The molecule has 4 nitrogen and oxygen atoms in total. The van der Waals surface area contributed by atoms with Gasteiger partial charge in [-0.25, -0.2) is 0 Å². The smallest absolute Gasteiger partial charge is 0.119 e. The summed E-state index contributed by atoms with van der Waals surface area (Å²) in [6, 6.07) is 21.2. The van der Waals surface area contributed by atoms with Crippen LogP contribution in [0, 0.1) is 0 Å². The number of halogens is 3. The number of hydrogen-bond donors (Lipinski definition) is 1. The first kappa shape index (κ1) is 30.0. The van der Waals surface area contributed by atoms with Crippen LogP contribution in [0.5, 0.6) is 5.75 Å². The first-order chi connectivity index (χ1) is 17.0. The summed E-state index contributed by atoms with van der Waals surface area (Å²) >= 11 is 6.36. The summed E-state index contributed by atoms with van der Waals surface area (Å²) in [4.78, 5) is 5.09. The lowest BCUT2D eigenvalue weighted by atomic mass is 9.72. The zero-order chi connectivity index (χ0) is 24.3. The van der Waals surface area contributed by atoms with Crippen LogP contribution in [0.4, 0.5) is 0 Å². The number of ether oxygens (including phenoxy) is 1. The van der Waals surface area contributed by atoms with E-state index in [9.17, 15) is 5.11 Å². The largest absolute Gasteiger partial charge is 0.497 e. The monoisotopic (exact) mass is 564 g/mol. The summed E-state index contributed by atoms with van der Waals surface area (Å²) in [6.45, 7) is 6.00. The molecule has 0 amide bonds. The lowest BCUT2D eigenvalue weighted by Crippen LogP contribution is -2.50. The fraction of sp³-hybridized carbons (Fsp3) is 0.467. The average molecular weight is 566 g/mol. The van der Waals surface area contributed by atoms with Crippen LogP contribution in [0.1, 0.15) is 49.1 Å². The van der Waals surface area contributed by atoms with Gasteiger partial charge >= 0.3 is 0 Å². The zero-order valence-corrected chi connectivity index (χ0v) is 24.0. The number of nitrogens with zero attached hydrogens (tertiary/aromatic N) is 2. The van der Waals surface area contributed by atoms with E-state index in [1.807, 2.05) is 18.2 Å². The summed E-state index contributed by atoms with van der Waals surface area (Å²) < 4.78 is 5.36. The third-order valence-electron chi connectivity index (χ3n) is 8.04. The number of piperazine rings is 1. The molecule has 1 atom stereocenters. The SMILES string of the molecule is COc1ccc2cc(CN3CCN(CC(c4cccc(Cl)c4)C4(O)CCCCC4)CC3)ccc2c1.Cl.Cl. The zero-order valence-electron chi connectivity index (χ0n) is 21.6. The van der Waals surface area contributed by atoms with Crippen molar-refractivity contribution in [2.24, 2.45) is 0 Å². The van der Waals surface area contributed by atoms with Gasteiger partial charge in [-0.2, -0.15) is 0 Å². The third-order valence-corrected chi connectivity index (χ3v) is 8.28. The van der Waals surface area contributed by atoms with E-state index in [1.54, 1.807) is 7.11 Å². The number of benzene rings is 3. The van der Waals surface area contributed by atoms with Crippen molar-refractivity contribution < 1.29 is 9.84 Å². The molecule has 202 valence electrons. The lowest BCUT2D eigenvalue weighted by molar-refractivity contribution is -0.0344. The van der Waals surface area contributed by atoms with Crippen molar-refractivity contribution in [1.29, 1.82) is 0 Å². The Hall–Kier alpha value is -1.53. The van der Waals surface area contributed by atoms with Crippen LogP contribution in [0.3, 0.4) is 0 Å². The Balaban J connectivity index is 0.00000190. The maximum atomic E-state index is 11.7. The van der Waals surface area contributed by atoms with Crippen molar-refractivity contribution in [2.75, 3.05) is 39.8 Å². The van der Waals surface area contributed by atoms with E-state index in [4.69, 9.17) is 16.3 Å². The first-order valence-electron chi connectivity index (χ1n) is 13.0. The molecule has 1 saturated heterocycles. The van der Waals surface area contributed by atoms with Crippen molar-refractivity contribution in [3.05, 3.63) is 76.8 Å². The fourth-order valence-corrected chi connectivity index (χ4v) is 6.17. The summed E-state index contributed by atoms with van der Waals surface area (Å²) in [5.74, 6) is 1.00.